The molecule has 0 saturated heterocycles. The molecule has 0 spiro atoms. The van der Waals surface area contributed by atoms with Gasteiger partial charge in [-0.05, 0) is 6.92 Å². The predicted molar refractivity (Wildman–Crippen MR) is 48.8 cm³/mol. The molecule has 0 aromatic rings. The van der Waals surface area contributed by atoms with E-state index in [1.165, 1.54) is 0 Å². The number of rotatable bonds is 5. The number of ether oxygens (including phenoxy) is 1. The van der Waals surface area contributed by atoms with Crippen molar-refractivity contribution in [3.63, 3.8) is 0 Å². The molecule has 5 nitrogen and oxygen atoms in total. The van der Waals surface area contributed by atoms with Crippen LogP contribution in [0.2, 0.25) is 0 Å². The van der Waals surface area contributed by atoms with Crippen molar-refractivity contribution in [2.45, 2.75) is 6.92 Å². The molecule has 0 fully saturated rings. The zero-order valence-electron chi connectivity index (χ0n) is 7.43. The third kappa shape index (κ3) is 7.39. The molecule has 76 valence electrons. The third-order valence-corrected chi connectivity index (χ3v) is 1.27. The predicted octanol–water partition coefficient (Wildman–Crippen LogP) is 0.0875. The Kier molecular flexibility index (Phi) is 7.10. The lowest BCUT2D eigenvalue weighted by Crippen LogP contribution is -2.39. The molecule has 0 aliphatic heterocycles. The second-order valence-electron chi connectivity index (χ2n) is 2.10. The molecule has 0 bridgehead atoms. The summed E-state index contributed by atoms with van der Waals surface area (Å²) >= 11 is 5.32. The summed E-state index contributed by atoms with van der Waals surface area (Å²) in [6.45, 7) is 2.26. The van der Waals surface area contributed by atoms with Crippen molar-refractivity contribution < 1.29 is 14.3 Å². The highest BCUT2D eigenvalue weighted by Gasteiger charge is 2.03. The van der Waals surface area contributed by atoms with E-state index in [-0.39, 0.29) is 6.54 Å². The quantitative estimate of drug-likeness (QED) is 0.497. The summed E-state index contributed by atoms with van der Waals surface area (Å²) in [5.41, 5.74) is 0. The normalized spacial score (nSPS) is 9.08. The molecule has 0 aromatic carbocycles. The van der Waals surface area contributed by atoms with Crippen molar-refractivity contribution in [2.24, 2.45) is 0 Å². The monoisotopic (exact) mass is 208 g/mol. The van der Waals surface area contributed by atoms with Crippen LogP contribution in [-0.4, -0.2) is 37.6 Å². The molecule has 2 amide bonds. The molecule has 0 heterocycles. The molecule has 0 aliphatic carbocycles. The van der Waals surface area contributed by atoms with Crippen molar-refractivity contribution in [1.29, 1.82) is 0 Å². The van der Waals surface area contributed by atoms with Gasteiger partial charge in [-0.2, -0.15) is 0 Å². The van der Waals surface area contributed by atoms with Gasteiger partial charge in [-0.25, -0.2) is 4.79 Å². The maximum atomic E-state index is 10.8. The van der Waals surface area contributed by atoms with Gasteiger partial charge in [-0.1, -0.05) is 0 Å². The summed E-state index contributed by atoms with van der Waals surface area (Å²) in [4.78, 5) is 21.6. The second-order valence-corrected chi connectivity index (χ2v) is 2.48. The van der Waals surface area contributed by atoms with Crippen LogP contribution in [0, 0.1) is 0 Å². The van der Waals surface area contributed by atoms with Crippen LogP contribution in [0.3, 0.4) is 0 Å². The minimum atomic E-state index is -0.455. The minimum Gasteiger partial charge on any atom is -0.465 e. The molecular formula is C7H13ClN2O3. The first-order chi connectivity index (χ1) is 6.20. The van der Waals surface area contributed by atoms with Crippen LogP contribution in [-0.2, 0) is 9.53 Å². The Morgan fingerprint density at radius 1 is 1.38 bits per heavy atom. The highest BCUT2D eigenvalue weighted by atomic mass is 35.5. The Bertz CT molecular complexity index is 175. The van der Waals surface area contributed by atoms with E-state index in [1.807, 2.05) is 0 Å². The third-order valence-electron chi connectivity index (χ3n) is 1.08. The number of alkyl halides is 1. The van der Waals surface area contributed by atoms with Gasteiger partial charge in [0.2, 0.25) is 0 Å². The van der Waals surface area contributed by atoms with Gasteiger partial charge in [0.25, 0.3) is 0 Å². The molecule has 13 heavy (non-hydrogen) atoms. The maximum Gasteiger partial charge on any atom is 0.325 e. The zero-order chi connectivity index (χ0) is 10.1. The number of hydrogen-bond acceptors (Lipinski definition) is 3. The number of amides is 2. The summed E-state index contributed by atoms with van der Waals surface area (Å²) in [5, 5.41) is 4.76. The molecule has 0 atom stereocenters. The molecule has 0 unspecified atom stereocenters. The molecule has 0 aliphatic rings. The van der Waals surface area contributed by atoms with Gasteiger partial charge in [0.15, 0.2) is 0 Å². The first-order valence-electron chi connectivity index (χ1n) is 3.94. The lowest BCUT2D eigenvalue weighted by molar-refractivity contribution is -0.141. The Morgan fingerprint density at radius 2 is 2.08 bits per heavy atom. The van der Waals surface area contributed by atoms with Crippen molar-refractivity contribution >= 4 is 23.6 Å². The summed E-state index contributed by atoms with van der Waals surface area (Å²) in [5.74, 6) is -0.115. The largest absolute Gasteiger partial charge is 0.465 e. The van der Waals surface area contributed by atoms with E-state index in [4.69, 9.17) is 11.6 Å². The molecule has 0 saturated carbocycles. The van der Waals surface area contributed by atoms with Crippen LogP contribution < -0.4 is 10.6 Å². The van der Waals surface area contributed by atoms with Crippen molar-refractivity contribution in [2.75, 3.05) is 25.6 Å². The minimum absolute atomic E-state index is 0.123. The van der Waals surface area contributed by atoms with Crippen molar-refractivity contribution in [3.05, 3.63) is 0 Å². The van der Waals surface area contributed by atoms with Crippen LogP contribution in [0.5, 0.6) is 0 Å². The van der Waals surface area contributed by atoms with E-state index in [1.54, 1.807) is 6.92 Å². The van der Waals surface area contributed by atoms with E-state index >= 15 is 0 Å². The highest BCUT2D eigenvalue weighted by molar-refractivity contribution is 6.18. The molecule has 0 rings (SSSR count). The van der Waals surface area contributed by atoms with E-state index < -0.39 is 12.0 Å². The van der Waals surface area contributed by atoms with Crippen LogP contribution in [0.25, 0.3) is 0 Å². The van der Waals surface area contributed by atoms with Gasteiger partial charge in [-0.15, -0.1) is 11.6 Å². The average molecular weight is 209 g/mol. The Balaban J connectivity index is 3.40. The summed E-state index contributed by atoms with van der Waals surface area (Å²) in [6, 6.07) is -0.422. The van der Waals surface area contributed by atoms with Gasteiger partial charge in [-0.3, -0.25) is 4.79 Å². The molecular weight excluding hydrogens is 196 g/mol. The Labute approximate surface area is 81.8 Å². The van der Waals surface area contributed by atoms with E-state index in [0.717, 1.165) is 0 Å². The number of hydrogen-bond donors (Lipinski definition) is 2. The smallest absolute Gasteiger partial charge is 0.325 e. The number of esters is 1. The van der Waals surface area contributed by atoms with Crippen molar-refractivity contribution in [1.82, 2.24) is 10.6 Å². The molecule has 0 aromatic heterocycles. The van der Waals surface area contributed by atoms with Crippen molar-refractivity contribution in [3.8, 4) is 0 Å². The fourth-order valence-electron chi connectivity index (χ4n) is 0.588. The van der Waals surface area contributed by atoms with Crippen LogP contribution in [0.1, 0.15) is 6.92 Å². The van der Waals surface area contributed by atoms with Gasteiger partial charge >= 0.3 is 12.0 Å². The molecule has 0 radical (unpaired) electrons. The van der Waals surface area contributed by atoms with Crippen LogP contribution in [0.4, 0.5) is 4.79 Å². The summed E-state index contributed by atoms with van der Waals surface area (Å²) in [6.07, 6.45) is 0. The van der Waals surface area contributed by atoms with Gasteiger partial charge in [0.1, 0.15) is 6.54 Å². The fraction of sp³-hybridized carbons (Fsp3) is 0.714. The summed E-state index contributed by atoms with van der Waals surface area (Å²) in [7, 11) is 0. The highest BCUT2D eigenvalue weighted by Crippen LogP contribution is 1.76. The molecule has 6 heteroatoms. The first kappa shape index (κ1) is 12.0. The topological polar surface area (TPSA) is 67.4 Å². The van der Waals surface area contributed by atoms with E-state index in [0.29, 0.717) is 19.0 Å². The Morgan fingerprint density at radius 3 is 2.62 bits per heavy atom. The lowest BCUT2D eigenvalue weighted by Gasteiger charge is -2.05. The number of urea groups is 1. The molecule has 2 N–H and O–H groups in total. The number of carbonyl (C=O) groups excluding carboxylic acids is 2. The second kappa shape index (κ2) is 7.67. The zero-order valence-corrected chi connectivity index (χ0v) is 8.19. The van der Waals surface area contributed by atoms with Gasteiger partial charge in [0.05, 0.1) is 6.61 Å². The lowest BCUT2D eigenvalue weighted by atomic mass is 10.6. The van der Waals surface area contributed by atoms with E-state index in [9.17, 15) is 9.59 Å². The number of carbonyl (C=O) groups is 2. The van der Waals surface area contributed by atoms with Crippen LogP contribution >= 0.6 is 11.6 Å². The number of nitrogens with one attached hydrogen (secondary N) is 2. The van der Waals surface area contributed by atoms with E-state index in [2.05, 4.69) is 15.4 Å². The SMILES string of the molecule is CCOC(=O)CNC(=O)NCCCl. The standard InChI is InChI=1S/C7H13ClN2O3/c1-2-13-6(11)5-10-7(12)9-4-3-8/h2-5H2,1H3,(H2,9,10,12). The Hall–Kier alpha value is -0.970. The van der Waals surface area contributed by atoms with Gasteiger partial charge in [0, 0.05) is 12.4 Å². The average Bonchev–Trinajstić information content (AvgIpc) is 2.12. The number of halogens is 1. The van der Waals surface area contributed by atoms with Crippen LogP contribution in [0.15, 0.2) is 0 Å². The first-order valence-corrected chi connectivity index (χ1v) is 4.47. The maximum absolute atomic E-state index is 10.8. The van der Waals surface area contributed by atoms with Gasteiger partial charge < -0.3 is 15.4 Å². The summed E-state index contributed by atoms with van der Waals surface area (Å²) < 4.78 is 4.59. The fourth-order valence-corrected chi connectivity index (χ4v) is 0.682.